The van der Waals surface area contributed by atoms with E-state index in [0.717, 1.165) is 25.7 Å². The average Bonchev–Trinajstić information content (AvgIpc) is 2.43. The maximum absolute atomic E-state index is 10.4. The standard InChI is InChI=1S/C18H34O3/c1-2-3-4-5-6-7-8-9-10-11-12-13-14-15-17(19)16-18(20)21/h9-10,17,19H,2-8,11-16H2,1H3,(H,20,21)/b10-9-/t17-/m0/s1. The number of carboxylic acid groups (broad SMARTS) is 1. The quantitative estimate of drug-likeness (QED) is 0.327. The van der Waals surface area contributed by atoms with Crippen LogP contribution in [-0.4, -0.2) is 22.3 Å². The van der Waals surface area contributed by atoms with Crippen molar-refractivity contribution >= 4 is 5.97 Å². The van der Waals surface area contributed by atoms with Crippen LogP contribution in [0, 0.1) is 0 Å². The molecule has 1 atom stereocenters. The summed E-state index contributed by atoms with van der Waals surface area (Å²) in [6.07, 6.45) is 17.9. The van der Waals surface area contributed by atoms with Gasteiger partial charge in [-0.3, -0.25) is 4.79 Å². The van der Waals surface area contributed by atoms with Gasteiger partial charge in [-0.25, -0.2) is 0 Å². The first kappa shape index (κ1) is 20.2. The highest BCUT2D eigenvalue weighted by Gasteiger charge is 2.08. The molecular weight excluding hydrogens is 264 g/mol. The maximum atomic E-state index is 10.4. The second-order valence-electron chi connectivity index (χ2n) is 5.92. The van der Waals surface area contributed by atoms with Gasteiger partial charge >= 0.3 is 5.97 Å². The number of carboxylic acids is 1. The Morgan fingerprint density at radius 2 is 1.43 bits per heavy atom. The Hall–Kier alpha value is -0.830. The van der Waals surface area contributed by atoms with E-state index >= 15 is 0 Å². The molecule has 124 valence electrons. The summed E-state index contributed by atoms with van der Waals surface area (Å²) < 4.78 is 0. The molecule has 0 aliphatic heterocycles. The molecule has 0 saturated carbocycles. The van der Waals surface area contributed by atoms with Gasteiger partial charge in [-0.2, -0.15) is 0 Å². The third kappa shape index (κ3) is 17.1. The predicted octanol–water partition coefficient (Wildman–Crippen LogP) is 5.08. The van der Waals surface area contributed by atoms with Crippen LogP contribution in [0.25, 0.3) is 0 Å². The van der Waals surface area contributed by atoms with E-state index in [4.69, 9.17) is 5.11 Å². The van der Waals surface area contributed by atoms with Crippen molar-refractivity contribution in [2.75, 3.05) is 0 Å². The minimum Gasteiger partial charge on any atom is -0.481 e. The number of hydrogen-bond acceptors (Lipinski definition) is 2. The zero-order valence-corrected chi connectivity index (χ0v) is 13.7. The van der Waals surface area contributed by atoms with Crippen molar-refractivity contribution in [2.24, 2.45) is 0 Å². The SMILES string of the molecule is CCCCCCCC/C=C\CCCCC[C@H](O)CC(=O)O. The molecule has 0 aliphatic rings. The molecule has 0 fully saturated rings. The lowest BCUT2D eigenvalue weighted by Gasteiger charge is -2.06. The fraction of sp³-hybridized carbons (Fsp3) is 0.833. The number of hydrogen-bond donors (Lipinski definition) is 2. The second-order valence-corrected chi connectivity index (χ2v) is 5.92. The zero-order chi connectivity index (χ0) is 15.8. The number of aliphatic carboxylic acids is 1. The Balaban J connectivity index is 3.20. The molecule has 0 saturated heterocycles. The zero-order valence-electron chi connectivity index (χ0n) is 13.7. The molecule has 0 rings (SSSR count). The van der Waals surface area contributed by atoms with E-state index in [2.05, 4.69) is 19.1 Å². The van der Waals surface area contributed by atoms with E-state index in [1.807, 2.05) is 0 Å². The van der Waals surface area contributed by atoms with Gasteiger partial charge in [0, 0.05) is 0 Å². The number of aliphatic hydroxyl groups excluding tert-OH is 1. The van der Waals surface area contributed by atoms with Crippen LogP contribution >= 0.6 is 0 Å². The summed E-state index contributed by atoms with van der Waals surface area (Å²) in [4.78, 5) is 10.4. The fourth-order valence-corrected chi connectivity index (χ4v) is 2.40. The molecule has 0 spiro atoms. The van der Waals surface area contributed by atoms with Crippen molar-refractivity contribution in [3.05, 3.63) is 12.2 Å². The van der Waals surface area contributed by atoms with E-state index < -0.39 is 12.1 Å². The third-order valence-corrected chi connectivity index (χ3v) is 3.71. The minimum atomic E-state index is -0.917. The number of carbonyl (C=O) groups is 1. The first-order chi connectivity index (χ1) is 10.2. The summed E-state index contributed by atoms with van der Waals surface area (Å²) in [5, 5.41) is 17.9. The van der Waals surface area contributed by atoms with Crippen LogP contribution in [0.1, 0.15) is 90.4 Å². The number of unbranched alkanes of at least 4 members (excludes halogenated alkanes) is 9. The number of aliphatic hydroxyl groups is 1. The fourth-order valence-electron chi connectivity index (χ4n) is 2.40. The van der Waals surface area contributed by atoms with E-state index in [0.29, 0.717) is 6.42 Å². The molecule has 21 heavy (non-hydrogen) atoms. The molecule has 0 aromatic heterocycles. The van der Waals surface area contributed by atoms with Crippen molar-refractivity contribution in [3.8, 4) is 0 Å². The predicted molar refractivity (Wildman–Crippen MR) is 88.5 cm³/mol. The number of allylic oxidation sites excluding steroid dienone is 2. The molecule has 0 bridgehead atoms. The largest absolute Gasteiger partial charge is 0.481 e. The molecule has 0 aromatic rings. The summed E-state index contributed by atoms with van der Waals surface area (Å²) in [6.45, 7) is 2.25. The first-order valence-electron chi connectivity index (χ1n) is 8.71. The molecule has 0 amide bonds. The van der Waals surface area contributed by atoms with Gasteiger partial charge in [0.05, 0.1) is 12.5 Å². The lowest BCUT2D eigenvalue weighted by atomic mass is 10.1. The highest BCUT2D eigenvalue weighted by Crippen LogP contribution is 2.10. The van der Waals surface area contributed by atoms with Gasteiger partial charge in [-0.1, -0.05) is 64.0 Å². The Morgan fingerprint density at radius 3 is 2.00 bits per heavy atom. The topological polar surface area (TPSA) is 57.5 Å². The van der Waals surface area contributed by atoms with Crippen LogP contribution in [0.15, 0.2) is 12.2 Å². The van der Waals surface area contributed by atoms with Gasteiger partial charge in [0.15, 0.2) is 0 Å². The molecule has 0 aromatic carbocycles. The van der Waals surface area contributed by atoms with Crippen molar-refractivity contribution in [1.82, 2.24) is 0 Å². The minimum absolute atomic E-state index is 0.127. The maximum Gasteiger partial charge on any atom is 0.305 e. The Kier molecular flexibility index (Phi) is 14.9. The first-order valence-corrected chi connectivity index (χ1v) is 8.71. The third-order valence-electron chi connectivity index (χ3n) is 3.71. The molecule has 0 unspecified atom stereocenters. The summed E-state index contributed by atoms with van der Waals surface area (Å²) in [6, 6.07) is 0. The van der Waals surface area contributed by atoms with Gasteiger partial charge in [-0.05, 0) is 32.1 Å². The lowest BCUT2D eigenvalue weighted by Crippen LogP contribution is -2.12. The van der Waals surface area contributed by atoms with Crippen LogP contribution in [0.2, 0.25) is 0 Å². The normalized spacial score (nSPS) is 12.9. The van der Waals surface area contributed by atoms with Crippen LogP contribution < -0.4 is 0 Å². The van der Waals surface area contributed by atoms with Crippen molar-refractivity contribution in [1.29, 1.82) is 0 Å². The second kappa shape index (κ2) is 15.6. The van der Waals surface area contributed by atoms with Gasteiger partial charge in [-0.15, -0.1) is 0 Å². The lowest BCUT2D eigenvalue weighted by molar-refractivity contribution is -0.139. The molecule has 3 heteroatoms. The Bertz CT molecular complexity index is 261. The van der Waals surface area contributed by atoms with E-state index in [-0.39, 0.29) is 6.42 Å². The Labute approximate surface area is 130 Å². The van der Waals surface area contributed by atoms with Crippen LogP contribution in [0.3, 0.4) is 0 Å². The molecular formula is C18H34O3. The average molecular weight is 298 g/mol. The summed E-state index contributed by atoms with van der Waals surface area (Å²) in [7, 11) is 0. The van der Waals surface area contributed by atoms with E-state index in [1.54, 1.807) is 0 Å². The highest BCUT2D eigenvalue weighted by molar-refractivity contribution is 5.67. The molecule has 0 radical (unpaired) electrons. The molecule has 0 aliphatic carbocycles. The molecule has 0 heterocycles. The molecule has 2 N–H and O–H groups in total. The van der Waals surface area contributed by atoms with Crippen LogP contribution in [0.4, 0.5) is 0 Å². The summed E-state index contributed by atoms with van der Waals surface area (Å²) in [5.41, 5.74) is 0. The molecule has 3 nitrogen and oxygen atoms in total. The van der Waals surface area contributed by atoms with Crippen molar-refractivity contribution in [3.63, 3.8) is 0 Å². The highest BCUT2D eigenvalue weighted by atomic mass is 16.4. The Morgan fingerprint density at radius 1 is 0.905 bits per heavy atom. The number of rotatable bonds is 15. The van der Waals surface area contributed by atoms with Crippen molar-refractivity contribution < 1.29 is 15.0 Å². The van der Waals surface area contributed by atoms with Crippen LogP contribution in [-0.2, 0) is 4.79 Å². The van der Waals surface area contributed by atoms with Gasteiger partial charge in [0.2, 0.25) is 0 Å². The van der Waals surface area contributed by atoms with Crippen molar-refractivity contribution in [2.45, 2.75) is 96.5 Å². The smallest absolute Gasteiger partial charge is 0.305 e. The van der Waals surface area contributed by atoms with Gasteiger partial charge < -0.3 is 10.2 Å². The van der Waals surface area contributed by atoms with E-state index in [1.165, 1.54) is 44.9 Å². The van der Waals surface area contributed by atoms with Gasteiger partial charge in [0.25, 0.3) is 0 Å². The monoisotopic (exact) mass is 298 g/mol. The summed E-state index contributed by atoms with van der Waals surface area (Å²) >= 11 is 0. The van der Waals surface area contributed by atoms with Gasteiger partial charge in [0.1, 0.15) is 0 Å². The van der Waals surface area contributed by atoms with E-state index in [9.17, 15) is 9.90 Å². The summed E-state index contributed by atoms with van der Waals surface area (Å²) in [5.74, 6) is -0.917. The van der Waals surface area contributed by atoms with Crippen LogP contribution in [0.5, 0.6) is 0 Å².